The van der Waals surface area contributed by atoms with Crippen LogP contribution in [0, 0.1) is 12.7 Å². The van der Waals surface area contributed by atoms with Gasteiger partial charge in [-0.05, 0) is 30.7 Å². The van der Waals surface area contributed by atoms with E-state index in [4.69, 9.17) is 4.74 Å². The summed E-state index contributed by atoms with van der Waals surface area (Å²) in [6.45, 7) is 3.47. The van der Waals surface area contributed by atoms with Crippen LogP contribution >= 0.6 is 0 Å². The standard InChI is InChI=1S/C15H14FNO2/c1-3-15(18)14-7-6-12(9-17-14)19-11-5-4-10(2)13(16)8-11/h4-9H,3H2,1-2H3. The highest BCUT2D eigenvalue weighted by Gasteiger charge is 2.06. The van der Waals surface area contributed by atoms with Gasteiger partial charge in [0.25, 0.3) is 0 Å². The first-order chi connectivity index (χ1) is 9.10. The molecule has 0 saturated carbocycles. The lowest BCUT2D eigenvalue weighted by Crippen LogP contribution is -1.99. The van der Waals surface area contributed by atoms with Crippen molar-refractivity contribution in [2.45, 2.75) is 20.3 Å². The lowest BCUT2D eigenvalue weighted by Gasteiger charge is -2.06. The number of nitrogens with zero attached hydrogens (tertiary/aromatic N) is 1. The molecule has 0 aliphatic heterocycles. The van der Waals surface area contributed by atoms with E-state index in [-0.39, 0.29) is 11.6 Å². The van der Waals surface area contributed by atoms with Crippen LogP contribution in [0.2, 0.25) is 0 Å². The van der Waals surface area contributed by atoms with Gasteiger partial charge in [-0.1, -0.05) is 13.0 Å². The number of benzene rings is 1. The highest BCUT2D eigenvalue weighted by Crippen LogP contribution is 2.22. The van der Waals surface area contributed by atoms with E-state index in [9.17, 15) is 9.18 Å². The zero-order chi connectivity index (χ0) is 13.8. The average molecular weight is 259 g/mol. The van der Waals surface area contributed by atoms with Crippen LogP contribution in [0.3, 0.4) is 0 Å². The van der Waals surface area contributed by atoms with Gasteiger partial charge in [-0.25, -0.2) is 9.37 Å². The minimum atomic E-state index is -0.316. The fraction of sp³-hybridized carbons (Fsp3) is 0.200. The molecule has 1 aromatic heterocycles. The molecule has 4 heteroatoms. The summed E-state index contributed by atoms with van der Waals surface area (Å²) in [7, 11) is 0. The van der Waals surface area contributed by atoms with Gasteiger partial charge in [0.1, 0.15) is 23.0 Å². The Morgan fingerprint density at radius 1 is 1.26 bits per heavy atom. The summed E-state index contributed by atoms with van der Waals surface area (Å²) < 4.78 is 18.8. The number of pyridine rings is 1. The van der Waals surface area contributed by atoms with Crippen LogP contribution in [0.5, 0.6) is 11.5 Å². The van der Waals surface area contributed by atoms with Crippen LogP contribution in [-0.2, 0) is 0 Å². The van der Waals surface area contributed by atoms with Crippen LogP contribution in [0.1, 0.15) is 29.4 Å². The summed E-state index contributed by atoms with van der Waals surface area (Å²) in [4.78, 5) is 15.4. The second kappa shape index (κ2) is 5.61. The average Bonchev–Trinajstić information content (AvgIpc) is 2.43. The largest absolute Gasteiger partial charge is 0.456 e. The molecule has 0 fully saturated rings. The second-order valence-electron chi connectivity index (χ2n) is 4.17. The third-order valence-corrected chi connectivity index (χ3v) is 2.72. The molecule has 0 aliphatic carbocycles. The number of hydrogen-bond donors (Lipinski definition) is 0. The number of ether oxygens (including phenoxy) is 1. The molecule has 2 aromatic rings. The predicted molar refractivity (Wildman–Crippen MR) is 70.1 cm³/mol. The summed E-state index contributed by atoms with van der Waals surface area (Å²) in [6, 6.07) is 7.90. The van der Waals surface area contributed by atoms with Crippen molar-refractivity contribution in [2.75, 3.05) is 0 Å². The minimum Gasteiger partial charge on any atom is -0.456 e. The van der Waals surface area contributed by atoms with Crippen LogP contribution in [-0.4, -0.2) is 10.8 Å². The van der Waals surface area contributed by atoms with Crippen molar-refractivity contribution in [3.63, 3.8) is 0 Å². The first-order valence-electron chi connectivity index (χ1n) is 6.03. The zero-order valence-electron chi connectivity index (χ0n) is 10.8. The number of carbonyl (C=O) groups is 1. The Balaban J connectivity index is 2.15. The van der Waals surface area contributed by atoms with Crippen LogP contribution in [0.4, 0.5) is 4.39 Å². The van der Waals surface area contributed by atoms with Crippen molar-refractivity contribution in [1.82, 2.24) is 4.98 Å². The Labute approximate surface area is 111 Å². The summed E-state index contributed by atoms with van der Waals surface area (Å²) >= 11 is 0. The van der Waals surface area contributed by atoms with Crippen molar-refractivity contribution in [2.24, 2.45) is 0 Å². The summed E-state index contributed by atoms with van der Waals surface area (Å²) in [5.74, 6) is 0.534. The lowest BCUT2D eigenvalue weighted by molar-refractivity contribution is 0.0983. The zero-order valence-corrected chi connectivity index (χ0v) is 10.8. The number of Topliss-reactive ketones (excluding diaryl/α,β-unsaturated/α-hetero) is 1. The quantitative estimate of drug-likeness (QED) is 0.781. The van der Waals surface area contributed by atoms with E-state index in [1.54, 1.807) is 38.1 Å². The van der Waals surface area contributed by atoms with E-state index >= 15 is 0 Å². The molecule has 0 spiro atoms. The van der Waals surface area contributed by atoms with E-state index in [1.165, 1.54) is 12.3 Å². The molecule has 3 nitrogen and oxygen atoms in total. The highest BCUT2D eigenvalue weighted by atomic mass is 19.1. The third-order valence-electron chi connectivity index (χ3n) is 2.72. The Morgan fingerprint density at radius 2 is 2.00 bits per heavy atom. The molecule has 2 rings (SSSR count). The Bertz CT molecular complexity index is 594. The molecule has 19 heavy (non-hydrogen) atoms. The number of carbonyl (C=O) groups excluding carboxylic acids is 1. The van der Waals surface area contributed by atoms with Crippen molar-refractivity contribution in [3.8, 4) is 11.5 Å². The van der Waals surface area contributed by atoms with Crippen molar-refractivity contribution in [3.05, 3.63) is 53.6 Å². The molecule has 0 amide bonds. The maximum absolute atomic E-state index is 13.4. The number of ketones is 1. The number of halogens is 1. The molecule has 0 radical (unpaired) electrons. The molecular weight excluding hydrogens is 245 g/mol. The molecule has 0 saturated heterocycles. The smallest absolute Gasteiger partial charge is 0.180 e. The van der Waals surface area contributed by atoms with Crippen molar-refractivity contribution in [1.29, 1.82) is 0 Å². The number of rotatable bonds is 4. The van der Waals surface area contributed by atoms with E-state index < -0.39 is 0 Å². The molecule has 0 bridgehead atoms. The monoisotopic (exact) mass is 259 g/mol. The van der Waals surface area contributed by atoms with Gasteiger partial charge in [0.15, 0.2) is 5.78 Å². The first kappa shape index (κ1) is 13.2. The van der Waals surface area contributed by atoms with Gasteiger partial charge in [0, 0.05) is 12.5 Å². The number of hydrogen-bond acceptors (Lipinski definition) is 3. The maximum atomic E-state index is 13.4. The SMILES string of the molecule is CCC(=O)c1ccc(Oc2ccc(C)c(F)c2)cn1. The highest BCUT2D eigenvalue weighted by molar-refractivity contribution is 5.93. The van der Waals surface area contributed by atoms with E-state index in [0.717, 1.165) is 0 Å². The molecule has 98 valence electrons. The summed E-state index contributed by atoms with van der Waals surface area (Å²) in [6.07, 6.45) is 1.87. The van der Waals surface area contributed by atoms with Gasteiger partial charge < -0.3 is 4.74 Å². The summed E-state index contributed by atoms with van der Waals surface area (Å²) in [5, 5.41) is 0. The maximum Gasteiger partial charge on any atom is 0.180 e. The second-order valence-corrected chi connectivity index (χ2v) is 4.17. The van der Waals surface area contributed by atoms with Gasteiger partial charge in [0.2, 0.25) is 0 Å². The molecule has 1 aromatic carbocycles. The predicted octanol–water partition coefficient (Wildman–Crippen LogP) is 3.91. The van der Waals surface area contributed by atoms with E-state index in [2.05, 4.69) is 4.98 Å². The summed E-state index contributed by atoms with van der Waals surface area (Å²) in [5.41, 5.74) is 0.972. The van der Waals surface area contributed by atoms with Gasteiger partial charge in [-0.15, -0.1) is 0 Å². The molecule has 1 heterocycles. The van der Waals surface area contributed by atoms with E-state index in [0.29, 0.717) is 29.2 Å². The lowest BCUT2D eigenvalue weighted by atomic mass is 10.2. The molecular formula is C15H14FNO2. The topological polar surface area (TPSA) is 39.2 Å². The van der Waals surface area contributed by atoms with Gasteiger partial charge in [-0.3, -0.25) is 4.79 Å². The fourth-order valence-corrected chi connectivity index (χ4v) is 1.56. The number of aromatic nitrogens is 1. The van der Waals surface area contributed by atoms with Gasteiger partial charge in [0.05, 0.1) is 6.20 Å². The van der Waals surface area contributed by atoms with Gasteiger partial charge >= 0.3 is 0 Å². The van der Waals surface area contributed by atoms with Crippen LogP contribution in [0.25, 0.3) is 0 Å². The van der Waals surface area contributed by atoms with Crippen molar-refractivity contribution >= 4 is 5.78 Å². The van der Waals surface area contributed by atoms with Crippen molar-refractivity contribution < 1.29 is 13.9 Å². The minimum absolute atomic E-state index is 0.0204. The Kier molecular flexibility index (Phi) is 3.90. The van der Waals surface area contributed by atoms with E-state index in [1.807, 2.05) is 0 Å². The Morgan fingerprint density at radius 3 is 2.58 bits per heavy atom. The first-order valence-corrected chi connectivity index (χ1v) is 6.03. The molecule has 0 atom stereocenters. The van der Waals surface area contributed by atoms with Crippen LogP contribution in [0.15, 0.2) is 36.5 Å². The Hall–Kier alpha value is -2.23. The third kappa shape index (κ3) is 3.16. The molecule has 0 aliphatic rings. The number of aryl methyl sites for hydroxylation is 1. The molecule has 0 N–H and O–H groups in total. The van der Waals surface area contributed by atoms with Crippen LogP contribution < -0.4 is 4.74 Å². The fourth-order valence-electron chi connectivity index (χ4n) is 1.56. The molecule has 0 unspecified atom stereocenters. The van der Waals surface area contributed by atoms with Gasteiger partial charge in [-0.2, -0.15) is 0 Å². The normalized spacial score (nSPS) is 10.3.